The number of nitrogens with two attached hydrogens (primary N) is 1. The summed E-state index contributed by atoms with van der Waals surface area (Å²) in [6.07, 6.45) is 2.14. The van der Waals surface area contributed by atoms with E-state index in [4.69, 9.17) is 10.5 Å². The van der Waals surface area contributed by atoms with Crippen molar-refractivity contribution in [1.29, 1.82) is 0 Å². The lowest BCUT2D eigenvalue weighted by Crippen LogP contribution is -2.25. The molecule has 0 aromatic heterocycles. The van der Waals surface area contributed by atoms with Gasteiger partial charge in [-0.25, -0.2) is 0 Å². The highest BCUT2D eigenvalue weighted by molar-refractivity contribution is 9.10. The molecule has 1 heterocycles. The molecule has 76 valence electrons. The minimum absolute atomic E-state index is 0.202. The molecule has 2 atom stereocenters. The topological polar surface area (TPSA) is 35.2 Å². The Morgan fingerprint density at radius 2 is 2.43 bits per heavy atom. The molecule has 0 saturated heterocycles. The standard InChI is InChI=1S/C11H14BrNO/c1-7(13)5-8-6-9-10(12)3-2-4-11(9)14-8/h2-4,7-8H,5-6,13H2,1H3. The summed E-state index contributed by atoms with van der Waals surface area (Å²) in [6.45, 7) is 2.02. The van der Waals surface area contributed by atoms with Gasteiger partial charge in [0, 0.05) is 22.5 Å². The Kier molecular flexibility index (Phi) is 2.79. The second-order valence-corrected chi connectivity index (χ2v) is 4.73. The molecule has 0 amide bonds. The Morgan fingerprint density at radius 3 is 3.07 bits per heavy atom. The van der Waals surface area contributed by atoms with Crippen LogP contribution in [0.1, 0.15) is 18.9 Å². The molecule has 2 unspecified atom stereocenters. The van der Waals surface area contributed by atoms with Crippen LogP contribution in [0.4, 0.5) is 0 Å². The van der Waals surface area contributed by atoms with Gasteiger partial charge in [0.2, 0.25) is 0 Å². The Balaban J connectivity index is 2.14. The second kappa shape index (κ2) is 3.91. The van der Waals surface area contributed by atoms with Crippen molar-refractivity contribution in [3.05, 3.63) is 28.2 Å². The molecule has 2 N–H and O–H groups in total. The van der Waals surface area contributed by atoms with Crippen LogP contribution in [0.3, 0.4) is 0 Å². The maximum Gasteiger partial charge on any atom is 0.124 e. The van der Waals surface area contributed by atoms with E-state index in [2.05, 4.69) is 22.0 Å². The molecule has 2 nitrogen and oxygen atoms in total. The van der Waals surface area contributed by atoms with Crippen LogP contribution >= 0.6 is 15.9 Å². The average molecular weight is 256 g/mol. The van der Waals surface area contributed by atoms with Gasteiger partial charge in [0.05, 0.1) is 0 Å². The van der Waals surface area contributed by atoms with Crippen LogP contribution < -0.4 is 10.5 Å². The number of hydrogen-bond donors (Lipinski definition) is 1. The molecular formula is C11H14BrNO. The van der Waals surface area contributed by atoms with Crippen molar-refractivity contribution in [2.45, 2.75) is 31.9 Å². The molecule has 2 rings (SSSR count). The fourth-order valence-corrected chi connectivity index (χ4v) is 2.35. The maximum absolute atomic E-state index is 5.79. The summed E-state index contributed by atoms with van der Waals surface area (Å²) in [5.74, 6) is 1.00. The number of ether oxygens (including phenoxy) is 1. The monoisotopic (exact) mass is 255 g/mol. The number of benzene rings is 1. The summed E-state index contributed by atoms with van der Waals surface area (Å²) in [4.78, 5) is 0. The van der Waals surface area contributed by atoms with Crippen LogP contribution in [0, 0.1) is 0 Å². The van der Waals surface area contributed by atoms with E-state index in [9.17, 15) is 0 Å². The lowest BCUT2D eigenvalue weighted by Gasteiger charge is -2.12. The van der Waals surface area contributed by atoms with Crippen molar-refractivity contribution in [2.24, 2.45) is 5.73 Å². The SMILES string of the molecule is CC(N)CC1Cc2c(Br)cccc2O1. The first-order valence-corrected chi connectivity index (χ1v) is 5.65. The van der Waals surface area contributed by atoms with E-state index in [1.165, 1.54) is 5.56 Å². The molecule has 0 aliphatic carbocycles. The van der Waals surface area contributed by atoms with Gasteiger partial charge in [-0.1, -0.05) is 22.0 Å². The van der Waals surface area contributed by atoms with Gasteiger partial charge in [0.15, 0.2) is 0 Å². The van der Waals surface area contributed by atoms with Gasteiger partial charge in [-0.05, 0) is 25.5 Å². The summed E-state index contributed by atoms with van der Waals surface area (Å²) in [5, 5.41) is 0. The summed E-state index contributed by atoms with van der Waals surface area (Å²) >= 11 is 3.53. The number of fused-ring (bicyclic) bond motifs is 1. The Bertz CT molecular complexity index is 338. The molecule has 1 aromatic rings. The first-order chi connectivity index (χ1) is 6.66. The lowest BCUT2D eigenvalue weighted by atomic mass is 10.1. The quantitative estimate of drug-likeness (QED) is 0.882. The normalized spacial score (nSPS) is 21.5. The van der Waals surface area contributed by atoms with E-state index in [1.54, 1.807) is 0 Å². The van der Waals surface area contributed by atoms with Gasteiger partial charge in [-0.2, -0.15) is 0 Å². The van der Waals surface area contributed by atoms with Crippen molar-refractivity contribution < 1.29 is 4.74 Å². The van der Waals surface area contributed by atoms with Crippen LogP contribution in [0.2, 0.25) is 0 Å². The highest BCUT2D eigenvalue weighted by Gasteiger charge is 2.24. The molecule has 0 radical (unpaired) electrons. The molecule has 1 aliphatic rings. The zero-order chi connectivity index (χ0) is 10.1. The minimum Gasteiger partial charge on any atom is -0.490 e. The molecule has 14 heavy (non-hydrogen) atoms. The van der Waals surface area contributed by atoms with Gasteiger partial charge in [-0.15, -0.1) is 0 Å². The summed E-state index contributed by atoms with van der Waals surface area (Å²) in [7, 11) is 0. The number of hydrogen-bond acceptors (Lipinski definition) is 2. The number of halogens is 1. The van der Waals surface area contributed by atoms with Crippen molar-refractivity contribution in [2.75, 3.05) is 0 Å². The lowest BCUT2D eigenvalue weighted by molar-refractivity contribution is 0.213. The summed E-state index contributed by atoms with van der Waals surface area (Å²) < 4.78 is 6.93. The molecule has 1 aliphatic heterocycles. The van der Waals surface area contributed by atoms with E-state index < -0.39 is 0 Å². The smallest absolute Gasteiger partial charge is 0.124 e. The van der Waals surface area contributed by atoms with Crippen LogP contribution in [0.15, 0.2) is 22.7 Å². The Morgan fingerprint density at radius 1 is 1.64 bits per heavy atom. The molecule has 0 fully saturated rings. The predicted molar refractivity (Wildman–Crippen MR) is 60.5 cm³/mol. The van der Waals surface area contributed by atoms with Crippen molar-refractivity contribution >= 4 is 15.9 Å². The highest BCUT2D eigenvalue weighted by Crippen LogP contribution is 2.35. The van der Waals surface area contributed by atoms with Crippen LogP contribution in [-0.4, -0.2) is 12.1 Å². The average Bonchev–Trinajstić information content (AvgIpc) is 2.47. The fraction of sp³-hybridized carbons (Fsp3) is 0.455. The van der Waals surface area contributed by atoms with Gasteiger partial charge in [0.25, 0.3) is 0 Å². The van der Waals surface area contributed by atoms with Crippen LogP contribution in [0.5, 0.6) is 5.75 Å². The van der Waals surface area contributed by atoms with Gasteiger partial charge in [-0.3, -0.25) is 0 Å². The summed E-state index contributed by atoms with van der Waals surface area (Å²) in [5.41, 5.74) is 7.03. The van der Waals surface area contributed by atoms with Gasteiger partial charge < -0.3 is 10.5 Å². The second-order valence-electron chi connectivity index (χ2n) is 3.87. The van der Waals surface area contributed by atoms with E-state index in [-0.39, 0.29) is 12.1 Å². The van der Waals surface area contributed by atoms with Crippen LogP contribution in [0.25, 0.3) is 0 Å². The molecule has 1 aromatic carbocycles. The number of rotatable bonds is 2. The van der Waals surface area contributed by atoms with Gasteiger partial charge in [0.1, 0.15) is 11.9 Å². The zero-order valence-corrected chi connectivity index (χ0v) is 9.75. The third kappa shape index (κ3) is 1.93. The zero-order valence-electron chi connectivity index (χ0n) is 8.16. The molecule has 0 saturated carbocycles. The van der Waals surface area contributed by atoms with Crippen LogP contribution in [-0.2, 0) is 6.42 Å². The fourth-order valence-electron chi connectivity index (χ4n) is 1.84. The van der Waals surface area contributed by atoms with E-state index in [1.807, 2.05) is 19.1 Å². The molecule has 3 heteroatoms. The summed E-state index contributed by atoms with van der Waals surface area (Å²) in [6, 6.07) is 6.27. The van der Waals surface area contributed by atoms with Crippen molar-refractivity contribution in [3.8, 4) is 5.75 Å². The van der Waals surface area contributed by atoms with E-state index in [0.717, 1.165) is 23.1 Å². The third-order valence-corrected chi connectivity index (χ3v) is 3.18. The van der Waals surface area contributed by atoms with Crippen molar-refractivity contribution in [3.63, 3.8) is 0 Å². The third-order valence-electron chi connectivity index (χ3n) is 2.44. The van der Waals surface area contributed by atoms with Gasteiger partial charge >= 0.3 is 0 Å². The van der Waals surface area contributed by atoms with E-state index in [0.29, 0.717) is 0 Å². The molecular weight excluding hydrogens is 242 g/mol. The Labute approximate surface area is 92.6 Å². The van der Waals surface area contributed by atoms with Crippen molar-refractivity contribution in [1.82, 2.24) is 0 Å². The minimum atomic E-state index is 0.202. The predicted octanol–water partition coefficient (Wildman–Crippen LogP) is 2.49. The largest absolute Gasteiger partial charge is 0.490 e. The first kappa shape index (κ1) is 9.99. The molecule has 0 bridgehead atoms. The first-order valence-electron chi connectivity index (χ1n) is 4.86. The molecule has 0 spiro atoms. The van der Waals surface area contributed by atoms with E-state index >= 15 is 0 Å². The maximum atomic E-state index is 5.79. The highest BCUT2D eigenvalue weighted by atomic mass is 79.9. The Hall–Kier alpha value is -0.540.